The number of hydrogen-bond donors (Lipinski definition) is 1. The lowest BCUT2D eigenvalue weighted by Crippen LogP contribution is -2.11. The SMILES string of the molecule is O=C(O)/C=C1/CCn2c(CCc3ccccc3)nc3cccc1c32. The first-order valence-corrected chi connectivity index (χ1v) is 8.18. The van der Waals surface area contributed by atoms with Crippen molar-refractivity contribution >= 4 is 22.6 Å². The van der Waals surface area contributed by atoms with Crippen molar-refractivity contribution in [2.24, 2.45) is 0 Å². The molecule has 4 heteroatoms. The molecule has 120 valence electrons. The second-order valence-corrected chi connectivity index (χ2v) is 6.10. The van der Waals surface area contributed by atoms with Crippen molar-refractivity contribution in [2.45, 2.75) is 25.8 Å². The van der Waals surface area contributed by atoms with Crippen molar-refractivity contribution in [3.8, 4) is 0 Å². The fourth-order valence-electron chi connectivity index (χ4n) is 3.49. The van der Waals surface area contributed by atoms with Crippen molar-refractivity contribution in [3.05, 3.63) is 71.6 Å². The molecule has 1 aromatic heterocycles. The third-order valence-corrected chi connectivity index (χ3v) is 4.57. The summed E-state index contributed by atoms with van der Waals surface area (Å²) in [7, 11) is 0. The number of aromatic nitrogens is 2. The average Bonchev–Trinajstić information content (AvgIpc) is 2.95. The van der Waals surface area contributed by atoms with Gasteiger partial charge in [0.15, 0.2) is 0 Å². The summed E-state index contributed by atoms with van der Waals surface area (Å²) < 4.78 is 2.26. The van der Waals surface area contributed by atoms with Crippen LogP contribution in [-0.2, 0) is 24.2 Å². The van der Waals surface area contributed by atoms with Crippen LogP contribution >= 0.6 is 0 Å². The van der Waals surface area contributed by atoms with E-state index in [4.69, 9.17) is 10.1 Å². The largest absolute Gasteiger partial charge is 0.478 e. The molecule has 0 bridgehead atoms. The zero-order valence-corrected chi connectivity index (χ0v) is 13.3. The summed E-state index contributed by atoms with van der Waals surface area (Å²) in [5.41, 5.74) is 5.21. The Morgan fingerprint density at radius 3 is 2.75 bits per heavy atom. The minimum Gasteiger partial charge on any atom is -0.478 e. The Bertz CT molecular complexity index is 939. The molecule has 0 spiro atoms. The van der Waals surface area contributed by atoms with Gasteiger partial charge in [0.25, 0.3) is 0 Å². The van der Waals surface area contributed by atoms with Crippen LogP contribution in [0, 0.1) is 0 Å². The molecule has 1 N–H and O–H groups in total. The van der Waals surface area contributed by atoms with Crippen LogP contribution in [-0.4, -0.2) is 20.6 Å². The van der Waals surface area contributed by atoms with E-state index in [1.807, 2.05) is 24.3 Å². The molecular formula is C20H18N2O2. The lowest BCUT2D eigenvalue weighted by Gasteiger charge is -2.19. The zero-order valence-electron chi connectivity index (χ0n) is 13.3. The van der Waals surface area contributed by atoms with Crippen molar-refractivity contribution in [1.82, 2.24) is 9.55 Å². The van der Waals surface area contributed by atoms with Gasteiger partial charge in [0.05, 0.1) is 11.0 Å². The molecule has 0 unspecified atom stereocenters. The minimum absolute atomic E-state index is 0.729. The number of carboxylic acid groups (broad SMARTS) is 1. The van der Waals surface area contributed by atoms with Gasteiger partial charge in [-0.05, 0) is 30.0 Å². The second-order valence-electron chi connectivity index (χ2n) is 6.10. The number of rotatable bonds is 4. The van der Waals surface area contributed by atoms with E-state index in [9.17, 15) is 4.79 Å². The second kappa shape index (κ2) is 5.96. The molecular weight excluding hydrogens is 300 g/mol. The molecule has 24 heavy (non-hydrogen) atoms. The lowest BCUT2D eigenvalue weighted by molar-refractivity contribution is -0.131. The third-order valence-electron chi connectivity index (χ3n) is 4.57. The number of imidazole rings is 1. The Balaban J connectivity index is 1.73. The van der Waals surface area contributed by atoms with Crippen LogP contribution < -0.4 is 0 Å². The number of aliphatic carboxylic acids is 1. The predicted molar refractivity (Wildman–Crippen MR) is 93.8 cm³/mol. The molecule has 0 radical (unpaired) electrons. The van der Waals surface area contributed by atoms with Crippen molar-refractivity contribution < 1.29 is 9.90 Å². The Kier molecular flexibility index (Phi) is 3.65. The number of carbonyl (C=O) groups is 1. The van der Waals surface area contributed by atoms with Gasteiger partial charge in [-0.1, -0.05) is 42.5 Å². The van der Waals surface area contributed by atoms with E-state index in [1.165, 1.54) is 11.6 Å². The molecule has 0 fully saturated rings. The van der Waals surface area contributed by atoms with Gasteiger partial charge in [0, 0.05) is 24.6 Å². The first-order chi connectivity index (χ1) is 11.7. The highest BCUT2D eigenvalue weighted by Gasteiger charge is 2.21. The van der Waals surface area contributed by atoms with Gasteiger partial charge in [0.1, 0.15) is 5.82 Å². The molecule has 2 heterocycles. The van der Waals surface area contributed by atoms with E-state index in [0.29, 0.717) is 0 Å². The third kappa shape index (κ3) is 2.60. The number of hydrogen-bond acceptors (Lipinski definition) is 2. The van der Waals surface area contributed by atoms with Gasteiger partial charge in [-0.2, -0.15) is 0 Å². The summed E-state index contributed by atoms with van der Waals surface area (Å²) in [4.78, 5) is 15.9. The number of nitrogens with zero attached hydrogens (tertiary/aromatic N) is 2. The van der Waals surface area contributed by atoms with E-state index in [2.05, 4.69) is 28.8 Å². The molecule has 0 saturated carbocycles. The Morgan fingerprint density at radius 1 is 1.12 bits per heavy atom. The van der Waals surface area contributed by atoms with Crippen LogP contribution in [0.1, 0.15) is 23.4 Å². The van der Waals surface area contributed by atoms with Gasteiger partial charge in [0.2, 0.25) is 0 Å². The quantitative estimate of drug-likeness (QED) is 0.746. The van der Waals surface area contributed by atoms with Crippen molar-refractivity contribution in [3.63, 3.8) is 0 Å². The summed E-state index contributed by atoms with van der Waals surface area (Å²) in [5.74, 6) is 0.190. The van der Waals surface area contributed by atoms with Crippen LogP contribution in [0.4, 0.5) is 0 Å². The maximum Gasteiger partial charge on any atom is 0.328 e. The topological polar surface area (TPSA) is 55.1 Å². The first kappa shape index (κ1) is 14.7. The van der Waals surface area contributed by atoms with Gasteiger partial charge < -0.3 is 9.67 Å². The number of aryl methyl sites for hydroxylation is 3. The van der Waals surface area contributed by atoms with Crippen LogP contribution in [0.2, 0.25) is 0 Å². The van der Waals surface area contributed by atoms with Gasteiger partial charge >= 0.3 is 5.97 Å². The molecule has 0 aliphatic carbocycles. The molecule has 0 amide bonds. The molecule has 1 aliphatic rings. The zero-order chi connectivity index (χ0) is 16.5. The number of carboxylic acids is 1. The number of benzene rings is 2. The molecule has 4 rings (SSSR count). The minimum atomic E-state index is -0.890. The smallest absolute Gasteiger partial charge is 0.328 e. The number of allylic oxidation sites excluding steroid dienone is 1. The Labute approximate surface area is 140 Å². The molecule has 0 saturated heterocycles. The van der Waals surface area contributed by atoms with E-state index in [1.54, 1.807) is 0 Å². The summed E-state index contributed by atoms with van der Waals surface area (Å²) in [6, 6.07) is 16.4. The normalized spacial score (nSPS) is 15.1. The van der Waals surface area contributed by atoms with Crippen molar-refractivity contribution in [1.29, 1.82) is 0 Å². The summed E-state index contributed by atoms with van der Waals surface area (Å²) in [6.45, 7) is 0.788. The van der Waals surface area contributed by atoms with E-state index in [-0.39, 0.29) is 0 Å². The number of para-hydroxylation sites is 1. The fraction of sp³-hybridized carbons (Fsp3) is 0.200. The highest BCUT2D eigenvalue weighted by molar-refractivity contribution is 5.97. The van der Waals surface area contributed by atoms with Crippen molar-refractivity contribution in [2.75, 3.05) is 0 Å². The van der Waals surface area contributed by atoms with E-state index >= 15 is 0 Å². The molecule has 2 aromatic carbocycles. The molecule has 3 aromatic rings. The van der Waals surface area contributed by atoms with Gasteiger partial charge in [-0.15, -0.1) is 0 Å². The first-order valence-electron chi connectivity index (χ1n) is 8.18. The average molecular weight is 318 g/mol. The van der Waals surface area contributed by atoms with Crippen LogP contribution in [0.3, 0.4) is 0 Å². The molecule has 0 atom stereocenters. The summed E-state index contributed by atoms with van der Waals surface area (Å²) >= 11 is 0. The molecule has 4 nitrogen and oxygen atoms in total. The summed E-state index contributed by atoms with van der Waals surface area (Å²) in [6.07, 6.45) is 3.90. The molecule has 1 aliphatic heterocycles. The van der Waals surface area contributed by atoms with E-state index < -0.39 is 5.97 Å². The highest BCUT2D eigenvalue weighted by Crippen LogP contribution is 2.33. The fourth-order valence-corrected chi connectivity index (χ4v) is 3.49. The van der Waals surface area contributed by atoms with Gasteiger partial charge in [-0.3, -0.25) is 0 Å². The maximum absolute atomic E-state index is 11.1. The van der Waals surface area contributed by atoms with E-state index in [0.717, 1.165) is 53.8 Å². The van der Waals surface area contributed by atoms with Crippen LogP contribution in [0.15, 0.2) is 54.6 Å². The Morgan fingerprint density at radius 2 is 1.96 bits per heavy atom. The van der Waals surface area contributed by atoms with Crippen LogP contribution in [0.25, 0.3) is 16.6 Å². The monoisotopic (exact) mass is 318 g/mol. The van der Waals surface area contributed by atoms with Gasteiger partial charge in [-0.25, -0.2) is 9.78 Å². The highest BCUT2D eigenvalue weighted by atomic mass is 16.4. The maximum atomic E-state index is 11.1. The standard InChI is InChI=1S/C20H18N2O2/c23-19(24)13-15-11-12-22-18(10-9-14-5-2-1-3-6-14)21-17-8-4-7-16(15)20(17)22/h1-8,13H,9-12H2,(H,23,24)/b15-13-. The lowest BCUT2D eigenvalue weighted by atomic mass is 9.97. The summed E-state index contributed by atoms with van der Waals surface area (Å²) in [5, 5.41) is 9.09. The van der Waals surface area contributed by atoms with Crippen LogP contribution in [0.5, 0.6) is 0 Å². The Hall–Kier alpha value is -2.88. The predicted octanol–water partition coefficient (Wildman–Crippen LogP) is 3.69.